The average Bonchev–Trinajstić information content (AvgIpc) is 3.15. The molecule has 0 amide bonds. The van der Waals surface area contributed by atoms with E-state index >= 15 is 0 Å². The van der Waals surface area contributed by atoms with Crippen molar-refractivity contribution in [2.24, 2.45) is 4.99 Å². The van der Waals surface area contributed by atoms with E-state index in [9.17, 15) is 0 Å². The molecule has 0 atom stereocenters. The summed E-state index contributed by atoms with van der Waals surface area (Å²) in [5.41, 5.74) is 5.28. The summed E-state index contributed by atoms with van der Waals surface area (Å²) in [5.74, 6) is 0.533. The number of aromatic nitrogens is 3. The van der Waals surface area contributed by atoms with Crippen LogP contribution in [0.5, 0.6) is 0 Å². The molecule has 0 unspecified atom stereocenters. The van der Waals surface area contributed by atoms with E-state index < -0.39 is 0 Å². The van der Waals surface area contributed by atoms with Crippen molar-refractivity contribution in [3.05, 3.63) is 88.8 Å². The maximum atomic E-state index is 6.29. The molecule has 1 N–H and O–H groups in total. The summed E-state index contributed by atoms with van der Waals surface area (Å²) in [6.07, 6.45) is 1.64. The van der Waals surface area contributed by atoms with E-state index in [1.54, 1.807) is 6.33 Å². The molecular weight excluding hydrogens is 332 g/mol. The number of nitrogens with zero attached hydrogens (tertiary/aromatic N) is 3. The number of rotatable bonds is 3. The van der Waals surface area contributed by atoms with Crippen LogP contribution >= 0.6 is 11.6 Å². The number of pyridine rings is 1. The van der Waals surface area contributed by atoms with Crippen LogP contribution in [-0.2, 0) is 0 Å². The number of aromatic amines is 1. The van der Waals surface area contributed by atoms with Crippen molar-refractivity contribution in [2.75, 3.05) is 0 Å². The Morgan fingerprint density at radius 1 is 0.960 bits per heavy atom. The van der Waals surface area contributed by atoms with E-state index in [1.165, 1.54) is 0 Å². The number of aryl methyl sites for hydroxylation is 1. The molecule has 0 spiro atoms. The van der Waals surface area contributed by atoms with E-state index in [2.05, 4.69) is 15.0 Å². The predicted molar refractivity (Wildman–Crippen MR) is 102 cm³/mol. The lowest BCUT2D eigenvalue weighted by molar-refractivity contribution is 1.25. The molecule has 4 rings (SSSR count). The van der Waals surface area contributed by atoms with Gasteiger partial charge in [-0.1, -0.05) is 72.3 Å². The second kappa shape index (κ2) is 6.49. The molecule has 2 aromatic carbocycles. The highest BCUT2D eigenvalue weighted by Gasteiger charge is 2.14. The van der Waals surface area contributed by atoms with Crippen LogP contribution in [-0.4, -0.2) is 20.7 Å². The molecule has 5 heteroatoms. The van der Waals surface area contributed by atoms with E-state index in [0.29, 0.717) is 11.0 Å². The van der Waals surface area contributed by atoms with Crippen LogP contribution in [0.25, 0.3) is 11.0 Å². The highest BCUT2D eigenvalue weighted by molar-refractivity contribution is 6.31. The Hall–Kier alpha value is -2.98. The molecule has 0 aliphatic rings. The van der Waals surface area contributed by atoms with Gasteiger partial charge in [-0.05, 0) is 6.92 Å². The fraction of sp³-hybridized carbons (Fsp3) is 0.0500. The minimum atomic E-state index is 0.416. The maximum Gasteiger partial charge on any atom is 0.180 e. The summed E-state index contributed by atoms with van der Waals surface area (Å²) < 4.78 is 0. The molecule has 0 fully saturated rings. The molecule has 4 nitrogen and oxygen atoms in total. The molecule has 2 aromatic heterocycles. The van der Waals surface area contributed by atoms with Gasteiger partial charge >= 0.3 is 0 Å². The van der Waals surface area contributed by atoms with Crippen LogP contribution in [0.15, 0.2) is 72.0 Å². The summed E-state index contributed by atoms with van der Waals surface area (Å²) >= 11 is 6.29. The van der Waals surface area contributed by atoms with Gasteiger partial charge in [-0.3, -0.25) is 0 Å². The quantitative estimate of drug-likeness (QED) is 0.415. The van der Waals surface area contributed by atoms with Crippen molar-refractivity contribution in [2.45, 2.75) is 6.92 Å². The number of nitrogens with one attached hydrogen (secondary N) is 1. The Bertz CT molecular complexity index is 1010. The molecule has 0 aliphatic heterocycles. The van der Waals surface area contributed by atoms with Crippen LogP contribution in [0.1, 0.15) is 16.7 Å². The monoisotopic (exact) mass is 346 g/mol. The van der Waals surface area contributed by atoms with Gasteiger partial charge in [0.2, 0.25) is 0 Å². The number of H-pyrrole nitrogens is 1. The average molecular weight is 347 g/mol. The first-order valence-electron chi connectivity index (χ1n) is 7.93. The Balaban J connectivity index is 1.98. The van der Waals surface area contributed by atoms with Crippen LogP contribution in [0.4, 0.5) is 5.82 Å². The van der Waals surface area contributed by atoms with Crippen molar-refractivity contribution in [1.82, 2.24) is 15.0 Å². The number of imidazole rings is 1. The summed E-state index contributed by atoms with van der Waals surface area (Å²) in [6.45, 7) is 1.90. The summed E-state index contributed by atoms with van der Waals surface area (Å²) in [7, 11) is 0. The van der Waals surface area contributed by atoms with Crippen molar-refractivity contribution in [3.63, 3.8) is 0 Å². The van der Waals surface area contributed by atoms with Crippen molar-refractivity contribution >= 4 is 34.2 Å². The molecule has 0 saturated heterocycles. The Morgan fingerprint density at radius 2 is 1.56 bits per heavy atom. The molecule has 0 radical (unpaired) electrons. The zero-order valence-electron chi connectivity index (χ0n) is 13.6. The van der Waals surface area contributed by atoms with Gasteiger partial charge in [-0.25, -0.2) is 15.0 Å². The lowest BCUT2D eigenvalue weighted by Crippen LogP contribution is -2.03. The largest absolute Gasteiger partial charge is 0.341 e. The third-order valence-electron chi connectivity index (χ3n) is 4.04. The van der Waals surface area contributed by atoms with Crippen LogP contribution in [0.3, 0.4) is 0 Å². The third kappa shape index (κ3) is 2.92. The fourth-order valence-corrected chi connectivity index (χ4v) is 2.92. The normalized spacial score (nSPS) is 10.8. The van der Waals surface area contributed by atoms with Gasteiger partial charge < -0.3 is 4.98 Å². The van der Waals surface area contributed by atoms with E-state index in [1.807, 2.05) is 67.6 Å². The number of halogens is 1. The van der Waals surface area contributed by atoms with Crippen LogP contribution < -0.4 is 0 Å². The smallest absolute Gasteiger partial charge is 0.180 e. The first kappa shape index (κ1) is 15.5. The first-order chi connectivity index (χ1) is 12.2. The van der Waals surface area contributed by atoms with Crippen molar-refractivity contribution in [3.8, 4) is 0 Å². The van der Waals surface area contributed by atoms with Crippen molar-refractivity contribution in [1.29, 1.82) is 0 Å². The molecule has 0 saturated carbocycles. The molecular formula is C20H15ClN4. The molecule has 0 bridgehead atoms. The van der Waals surface area contributed by atoms with Gasteiger partial charge in [-0.2, -0.15) is 0 Å². The molecule has 0 aliphatic carbocycles. The van der Waals surface area contributed by atoms with Gasteiger partial charge in [-0.15, -0.1) is 0 Å². The first-order valence-corrected chi connectivity index (χ1v) is 8.30. The highest BCUT2D eigenvalue weighted by atomic mass is 35.5. The number of hydrogen-bond acceptors (Lipinski definition) is 3. The van der Waals surface area contributed by atoms with E-state index in [-0.39, 0.29) is 0 Å². The van der Waals surface area contributed by atoms with Crippen LogP contribution in [0, 0.1) is 6.92 Å². The zero-order valence-corrected chi connectivity index (χ0v) is 14.3. The predicted octanol–water partition coefficient (Wildman–Crippen LogP) is 5.09. The summed E-state index contributed by atoms with van der Waals surface area (Å²) in [4.78, 5) is 16.8. The lowest BCUT2D eigenvalue weighted by Gasteiger charge is -2.08. The summed E-state index contributed by atoms with van der Waals surface area (Å²) in [6, 6.07) is 20.1. The topological polar surface area (TPSA) is 53.9 Å². The second-order valence-corrected chi connectivity index (χ2v) is 6.03. The van der Waals surface area contributed by atoms with Gasteiger partial charge in [0.05, 0.1) is 17.6 Å². The van der Waals surface area contributed by atoms with Crippen LogP contribution in [0.2, 0.25) is 5.15 Å². The molecule has 122 valence electrons. The van der Waals surface area contributed by atoms with Gasteiger partial charge in [0.1, 0.15) is 10.7 Å². The lowest BCUT2D eigenvalue weighted by atomic mass is 10.0. The standard InChI is InChI=1S/C20H15ClN4/c1-13-16-18(23-12-22-16)20(25-19(13)21)24-17(14-8-4-2-5-9-14)15-10-6-3-7-11-15/h2-12H,1H3,(H,22,23). The minimum Gasteiger partial charge on any atom is -0.341 e. The SMILES string of the molecule is Cc1c(Cl)nc(N=C(c2ccccc2)c2ccccc2)c2[nH]cnc12. The minimum absolute atomic E-state index is 0.416. The van der Waals surface area contributed by atoms with Gasteiger partial charge in [0.25, 0.3) is 0 Å². The molecule has 2 heterocycles. The highest BCUT2D eigenvalue weighted by Crippen LogP contribution is 2.29. The Kier molecular flexibility index (Phi) is 4.04. The maximum absolute atomic E-state index is 6.29. The number of fused-ring (bicyclic) bond motifs is 1. The van der Waals surface area contributed by atoms with Gasteiger partial charge in [0.15, 0.2) is 5.82 Å². The molecule has 4 aromatic rings. The summed E-state index contributed by atoms with van der Waals surface area (Å²) in [5, 5.41) is 0.416. The second-order valence-electron chi connectivity index (χ2n) is 5.67. The van der Waals surface area contributed by atoms with E-state index in [4.69, 9.17) is 16.6 Å². The molecule has 25 heavy (non-hydrogen) atoms. The van der Waals surface area contributed by atoms with Gasteiger partial charge in [0, 0.05) is 16.7 Å². The van der Waals surface area contributed by atoms with E-state index in [0.717, 1.165) is 33.4 Å². The fourth-order valence-electron chi connectivity index (χ4n) is 2.75. The Morgan fingerprint density at radius 3 is 2.16 bits per heavy atom. The number of benzene rings is 2. The van der Waals surface area contributed by atoms with Crippen molar-refractivity contribution < 1.29 is 0 Å². The zero-order chi connectivity index (χ0) is 17.2. The number of aliphatic imine (C=N–C) groups is 1. The Labute approximate surface area is 150 Å². The number of hydrogen-bond donors (Lipinski definition) is 1. The third-order valence-corrected chi connectivity index (χ3v) is 4.41.